The van der Waals surface area contributed by atoms with Crippen LogP contribution in [0.4, 0.5) is 11.4 Å². The molecule has 1 N–H and O–H groups in total. The second-order valence-electron chi connectivity index (χ2n) is 7.89. The molecule has 0 atom stereocenters. The average molecular weight is 496 g/mol. The first kappa shape index (κ1) is 25.0. The van der Waals surface area contributed by atoms with E-state index in [9.17, 15) is 21.6 Å². The number of carbonyl (C=O) groups excluding carboxylic acids is 1. The van der Waals surface area contributed by atoms with E-state index in [4.69, 9.17) is 4.74 Å². The summed E-state index contributed by atoms with van der Waals surface area (Å²) < 4.78 is 59.2. The Hall–Kier alpha value is -2.63. The SMILES string of the molecule is CCOC(=O)C1CCN(c2ccccc2NS(=O)(=O)c2ccc(S(=O)(=O)N(C)C)cc2)CC1. The van der Waals surface area contributed by atoms with E-state index in [-0.39, 0.29) is 21.7 Å². The van der Waals surface area contributed by atoms with Crippen molar-refractivity contribution >= 4 is 37.4 Å². The number of hydrogen-bond acceptors (Lipinski definition) is 7. The molecule has 1 heterocycles. The lowest BCUT2D eigenvalue weighted by atomic mass is 9.96. The van der Waals surface area contributed by atoms with Crippen LogP contribution < -0.4 is 9.62 Å². The maximum absolute atomic E-state index is 13.0. The van der Waals surface area contributed by atoms with Gasteiger partial charge in [-0.3, -0.25) is 9.52 Å². The van der Waals surface area contributed by atoms with Crippen molar-refractivity contribution in [2.45, 2.75) is 29.6 Å². The van der Waals surface area contributed by atoms with Crippen molar-refractivity contribution in [3.05, 3.63) is 48.5 Å². The van der Waals surface area contributed by atoms with Crippen molar-refractivity contribution in [2.75, 3.05) is 43.4 Å². The summed E-state index contributed by atoms with van der Waals surface area (Å²) in [7, 11) is -4.78. The number of nitrogens with one attached hydrogen (secondary N) is 1. The third kappa shape index (κ3) is 5.66. The van der Waals surface area contributed by atoms with Gasteiger partial charge in [0, 0.05) is 27.2 Å². The summed E-state index contributed by atoms with van der Waals surface area (Å²) in [5, 5.41) is 0. The molecule has 0 radical (unpaired) electrons. The topological polar surface area (TPSA) is 113 Å². The molecule has 0 bridgehead atoms. The van der Waals surface area contributed by atoms with Gasteiger partial charge < -0.3 is 9.64 Å². The molecule has 1 aliphatic rings. The van der Waals surface area contributed by atoms with Crippen molar-refractivity contribution in [1.29, 1.82) is 0 Å². The van der Waals surface area contributed by atoms with Gasteiger partial charge in [0.1, 0.15) is 0 Å². The van der Waals surface area contributed by atoms with E-state index in [1.807, 2.05) is 17.0 Å². The van der Waals surface area contributed by atoms with Gasteiger partial charge in [-0.1, -0.05) is 12.1 Å². The number of benzene rings is 2. The molecule has 11 heteroatoms. The van der Waals surface area contributed by atoms with Crippen LogP contribution in [0.25, 0.3) is 0 Å². The zero-order valence-electron chi connectivity index (χ0n) is 18.9. The number of piperidine rings is 1. The molecule has 0 unspecified atom stereocenters. The molecule has 180 valence electrons. The second kappa shape index (κ2) is 10.1. The summed E-state index contributed by atoms with van der Waals surface area (Å²) in [6, 6.07) is 12.2. The van der Waals surface area contributed by atoms with Crippen molar-refractivity contribution in [3.8, 4) is 0 Å². The number of ether oxygens (including phenoxy) is 1. The van der Waals surface area contributed by atoms with E-state index in [0.717, 1.165) is 9.99 Å². The Morgan fingerprint density at radius 2 is 1.58 bits per heavy atom. The highest BCUT2D eigenvalue weighted by Crippen LogP contribution is 2.32. The second-order valence-corrected chi connectivity index (χ2v) is 11.7. The molecular formula is C22H29N3O6S2. The first-order chi connectivity index (χ1) is 15.6. The van der Waals surface area contributed by atoms with Crippen LogP contribution in [0.15, 0.2) is 58.3 Å². The Bertz CT molecular complexity index is 1190. The summed E-state index contributed by atoms with van der Waals surface area (Å²) in [6.45, 7) is 3.33. The third-order valence-corrected chi connectivity index (χ3v) is 8.73. The monoisotopic (exact) mass is 495 g/mol. The molecule has 2 aromatic rings. The summed E-state index contributed by atoms with van der Waals surface area (Å²) in [4.78, 5) is 14.0. The van der Waals surface area contributed by atoms with E-state index >= 15 is 0 Å². The van der Waals surface area contributed by atoms with Crippen molar-refractivity contribution < 1.29 is 26.4 Å². The highest BCUT2D eigenvalue weighted by Gasteiger charge is 2.28. The molecular weight excluding hydrogens is 466 g/mol. The van der Waals surface area contributed by atoms with E-state index < -0.39 is 20.0 Å². The number of nitrogens with zero attached hydrogens (tertiary/aromatic N) is 2. The Morgan fingerprint density at radius 1 is 1.00 bits per heavy atom. The fourth-order valence-electron chi connectivity index (χ4n) is 3.66. The summed E-state index contributed by atoms with van der Waals surface area (Å²) >= 11 is 0. The lowest BCUT2D eigenvalue weighted by Crippen LogP contribution is -2.37. The van der Waals surface area contributed by atoms with Gasteiger partial charge in [-0.15, -0.1) is 0 Å². The van der Waals surface area contributed by atoms with Crippen molar-refractivity contribution in [1.82, 2.24) is 4.31 Å². The summed E-state index contributed by atoms with van der Waals surface area (Å²) in [5.74, 6) is -0.340. The first-order valence-electron chi connectivity index (χ1n) is 10.6. The number of para-hydroxylation sites is 2. The van der Waals surface area contributed by atoms with E-state index in [2.05, 4.69) is 4.72 Å². The number of hydrogen-bond donors (Lipinski definition) is 1. The van der Waals surface area contributed by atoms with Gasteiger partial charge in [0.15, 0.2) is 0 Å². The van der Waals surface area contributed by atoms with Crippen molar-refractivity contribution in [3.63, 3.8) is 0 Å². The molecule has 1 fully saturated rings. The Morgan fingerprint density at radius 3 is 2.15 bits per heavy atom. The van der Waals surface area contributed by atoms with Crippen LogP contribution in [0.3, 0.4) is 0 Å². The van der Waals surface area contributed by atoms with Crippen molar-refractivity contribution in [2.24, 2.45) is 5.92 Å². The predicted molar refractivity (Wildman–Crippen MR) is 126 cm³/mol. The van der Waals surface area contributed by atoms with Crippen LogP contribution >= 0.6 is 0 Å². The van der Waals surface area contributed by atoms with E-state index in [0.29, 0.717) is 38.2 Å². The Labute approximate surface area is 195 Å². The number of sulfonamides is 2. The molecule has 0 saturated carbocycles. The van der Waals surface area contributed by atoms with Gasteiger partial charge in [-0.25, -0.2) is 21.1 Å². The zero-order chi connectivity index (χ0) is 24.2. The molecule has 1 saturated heterocycles. The van der Waals surface area contributed by atoms with Crippen LogP contribution in [0.2, 0.25) is 0 Å². The Balaban J connectivity index is 1.77. The standard InChI is InChI=1S/C22H29N3O6S2/c1-4-31-22(26)17-13-15-25(16-14-17)21-8-6-5-7-20(21)23-32(27,28)18-9-11-19(12-10-18)33(29,30)24(2)3/h5-12,17,23H,4,13-16H2,1-3H3. The van der Waals surface area contributed by atoms with Gasteiger partial charge in [0.25, 0.3) is 10.0 Å². The molecule has 0 amide bonds. The van der Waals surface area contributed by atoms with Crippen LogP contribution in [0.1, 0.15) is 19.8 Å². The quantitative estimate of drug-likeness (QED) is 0.560. The summed E-state index contributed by atoms with van der Waals surface area (Å²) in [6.07, 6.45) is 1.25. The molecule has 3 rings (SSSR count). The van der Waals surface area contributed by atoms with Crippen LogP contribution in [0.5, 0.6) is 0 Å². The molecule has 0 aliphatic carbocycles. The molecule has 33 heavy (non-hydrogen) atoms. The number of anilines is 2. The zero-order valence-corrected chi connectivity index (χ0v) is 20.5. The average Bonchev–Trinajstić information content (AvgIpc) is 2.79. The molecule has 0 spiro atoms. The van der Waals surface area contributed by atoms with E-state index in [1.54, 1.807) is 19.1 Å². The van der Waals surface area contributed by atoms with Crippen LogP contribution in [-0.4, -0.2) is 60.9 Å². The molecule has 9 nitrogen and oxygen atoms in total. The van der Waals surface area contributed by atoms with Gasteiger partial charge in [-0.05, 0) is 56.2 Å². The van der Waals surface area contributed by atoms with Gasteiger partial charge >= 0.3 is 5.97 Å². The maximum Gasteiger partial charge on any atom is 0.309 e. The first-order valence-corrected chi connectivity index (χ1v) is 13.5. The molecule has 1 aliphatic heterocycles. The fourth-order valence-corrected chi connectivity index (χ4v) is 5.63. The maximum atomic E-state index is 13.0. The van der Waals surface area contributed by atoms with Crippen LogP contribution in [-0.2, 0) is 29.6 Å². The number of esters is 1. The smallest absolute Gasteiger partial charge is 0.309 e. The number of rotatable bonds is 8. The highest BCUT2D eigenvalue weighted by molar-refractivity contribution is 7.92. The fraction of sp³-hybridized carbons (Fsp3) is 0.409. The molecule has 2 aromatic carbocycles. The van der Waals surface area contributed by atoms with Gasteiger partial charge in [0.05, 0.1) is 33.7 Å². The minimum atomic E-state index is -3.95. The normalized spacial score (nSPS) is 15.5. The number of carbonyl (C=O) groups is 1. The third-order valence-electron chi connectivity index (χ3n) is 5.52. The largest absolute Gasteiger partial charge is 0.466 e. The highest BCUT2D eigenvalue weighted by atomic mass is 32.2. The van der Waals surface area contributed by atoms with Gasteiger partial charge in [0.2, 0.25) is 10.0 Å². The lowest BCUT2D eigenvalue weighted by Gasteiger charge is -2.33. The summed E-state index contributed by atoms with van der Waals surface area (Å²) in [5.41, 5.74) is 1.13. The predicted octanol–water partition coefficient (Wildman–Crippen LogP) is 2.52. The minimum absolute atomic E-state index is 0.0105. The minimum Gasteiger partial charge on any atom is -0.466 e. The van der Waals surface area contributed by atoms with E-state index in [1.165, 1.54) is 38.4 Å². The van der Waals surface area contributed by atoms with Crippen LogP contribution in [0, 0.1) is 5.92 Å². The molecule has 0 aromatic heterocycles. The Kier molecular flexibility index (Phi) is 7.65. The van der Waals surface area contributed by atoms with Gasteiger partial charge in [-0.2, -0.15) is 0 Å². The lowest BCUT2D eigenvalue weighted by molar-refractivity contribution is -0.148.